The fourth-order valence-corrected chi connectivity index (χ4v) is 2.52. The Morgan fingerprint density at radius 3 is 2.60 bits per heavy atom. The zero-order valence-electron chi connectivity index (χ0n) is 11.8. The third-order valence-corrected chi connectivity index (χ3v) is 3.68. The second-order valence-corrected chi connectivity index (χ2v) is 5.71. The maximum Gasteiger partial charge on any atom is 0.129 e. The molecule has 2 aromatic heterocycles. The first-order chi connectivity index (χ1) is 9.54. The van der Waals surface area contributed by atoms with Crippen molar-refractivity contribution in [1.29, 1.82) is 0 Å². The molecule has 0 saturated carbocycles. The molecular formula is C16H16ClN3. The summed E-state index contributed by atoms with van der Waals surface area (Å²) in [7, 11) is 0. The number of halogens is 1. The summed E-state index contributed by atoms with van der Waals surface area (Å²) in [5, 5.41) is 7.16. The minimum absolute atomic E-state index is 0.365. The Morgan fingerprint density at radius 1 is 1.10 bits per heavy atom. The summed E-state index contributed by atoms with van der Waals surface area (Å²) in [6, 6.07) is 6.57. The molecule has 0 aliphatic carbocycles. The molecule has 0 aliphatic heterocycles. The molecule has 2 heterocycles. The second-order valence-electron chi connectivity index (χ2n) is 5.32. The largest absolute Gasteiger partial charge is 0.270 e. The molecule has 0 amide bonds. The average molecular weight is 286 g/mol. The smallest absolute Gasteiger partial charge is 0.129 e. The van der Waals surface area contributed by atoms with E-state index in [4.69, 9.17) is 11.6 Å². The van der Waals surface area contributed by atoms with Gasteiger partial charge in [-0.1, -0.05) is 17.7 Å². The number of benzene rings is 1. The van der Waals surface area contributed by atoms with Crippen molar-refractivity contribution in [1.82, 2.24) is 14.8 Å². The summed E-state index contributed by atoms with van der Waals surface area (Å²) < 4.78 is 1.97. The summed E-state index contributed by atoms with van der Waals surface area (Å²) in [6.45, 7) is 6.33. The highest BCUT2D eigenvalue weighted by Crippen LogP contribution is 2.28. The summed E-state index contributed by atoms with van der Waals surface area (Å²) in [5.74, 6) is 0. The molecule has 0 saturated heterocycles. The Hall–Kier alpha value is -1.87. The van der Waals surface area contributed by atoms with Gasteiger partial charge in [-0.05, 0) is 49.4 Å². The minimum Gasteiger partial charge on any atom is -0.270 e. The number of rotatable bonds is 2. The molecule has 0 bridgehead atoms. The molecule has 0 atom stereocenters. The van der Waals surface area contributed by atoms with Crippen molar-refractivity contribution < 1.29 is 0 Å². The monoisotopic (exact) mass is 285 g/mol. The molecule has 4 heteroatoms. The highest BCUT2D eigenvalue weighted by atomic mass is 35.5. The molecule has 0 spiro atoms. The molecule has 102 valence electrons. The molecule has 0 radical (unpaired) electrons. The van der Waals surface area contributed by atoms with E-state index in [1.54, 1.807) is 0 Å². The van der Waals surface area contributed by atoms with E-state index in [9.17, 15) is 0 Å². The van der Waals surface area contributed by atoms with Crippen molar-refractivity contribution in [3.05, 3.63) is 47.5 Å². The van der Waals surface area contributed by atoms with E-state index in [-0.39, 0.29) is 0 Å². The third kappa shape index (κ3) is 2.29. The molecule has 3 rings (SSSR count). The number of pyridine rings is 1. The zero-order valence-corrected chi connectivity index (χ0v) is 12.5. The number of aromatic nitrogens is 3. The van der Waals surface area contributed by atoms with Gasteiger partial charge in [0.05, 0.1) is 6.20 Å². The fraction of sp³-hybridized carbons (Fsp3) is 0.250. The molecule has 3 aromatic rings. The van der Waals surface area contributed by atoms with Crippen LogP contribution < -0.4 is 0 Å². The van der Waals surface area contributed by atoms with Crippen LogP contribution in [0.2, 0.25) is 5.15 Å². The van der Waals surface area contributed by atoms with Gasteiger partial charge in [0.2, 0.25) is 0 Å². The Balaban J connectivity index is 2.15. The molecule has 0 aliphatic rings. The van der Waals surface area contributed by atoms with Crippen LogP contribution in [0.5, 0.6) is 0 Å². The molecule has 20 heavy (non-hydrogen) atoms. The van der Waals surface area contributed by atoms with Gasteiger partial charge in [-0.25, -0.2) is 4.98 Å². The van der Waals surface area contributed by atoms with Crippen LogP contribution in [0.25, 0.3) is 21.9 Å². The van der Waals surface area contributed by atoms with Gasteiger partial charge in [0, 0.05) is 29.4 Å². The Bertz CT molecular complexity index is 774. The van der Waals surface area contributed by atoms with Crippen molar-refractivity contribution in [3.8, 4) is 11.1 Å². The molecule has 3 nitrogen and oxygen atoms in total. The van der Waals surface area contributed by atoms with Crippen LogP contribution in [0.15, 0.2) is 36.8 Å². The van der Waals surface area contributed by atoms with Crippen molar-refractivity contribution in [2.45, 2.75) is 26.8 Å². The van der Waals surface area contributed by atoms with Gasteiger partial charge >= 0.3 is 0 Å². The Morgan fingerprint density at radius 2 is 1.90 bits per heavy atom. The summed E-state index contributed by atoms with van der Waals surface area (Å²) in [4.78, 5) is 4.15. The minimum atomic E-state index is 0.365. The lowest BCUT2D eigenvalue weighted by Gasteiger charge is -2.06. The van der Waals surface area contributed by atoms with Gasteiger partial charge in [-0.15, -0.1) is 0 Å². The van der Waals surface area contributed by atoms with Crippen LogP contribution in [0.1, 0.15) is 25.5 Å². The van der Waals surface area contributed by atoms with Crippen LogP contribution in [0.4, 0.5) is 0 Å². The lowest BCUT2D eigenvalue weighted by molar-refractivity contribution is 0.532. The second kappa shape index (κ2) is 4.91. The summed E-state index contributed by atoms with van der Waals surface area (Å²) in [6.07, 6.45) is 5.81. The Kier molecular flexibility index (Phi) is 3.22. The van der Waals surface area contributed by atoms with Gasteiger partial charge in [0.25, 0.3) is 0 Å². The van der Waals surface area contributed by atoms with Crippen LogP contribution in [0.3, 0.4) is 0 Å². The van der Waals surface area contributed by atoms with E-state index in [2.05, 4.69) is 49.2 Å². The maximum atomic E-state index is 5.99. The number of hydrogen-bond acceptors (Lipinski definition) is 2. The van der Waals surface area contributed by atoms with Crippen LogP contribution in [0, 0.1) is 6.92 Å². The molecule has 0 fully saturated rings. The van der Waals surface area contributed by atoms with E-state index < -0.39 is 0 Å². The van der Waals surface area contributed by atoms with E-state index in [1.807, 2.05) is 23.1 Å². The van der Waals surface area contributed by atoms with Gasteiger partial charge in [-0.2, -0.15) is 5.10 Å². The normalized spacial score (nSPS) is 11.4. The van der Waals surface area contributed by atoms with E-state index in [0.717, 1.165) is 21.9 Å². The van der Waals surface area contributed by atoms with Gasteiger partial charge in [0.15, 0.2) is 0 Å². The maximum absolute atomic E-state index is 5.99. The summed E-state index contributed by atoms with van der Waals surface area (Å²) >= 11 is 5.99. The van der Waals surface area contributed by atoms with Crippen LogP contribution >= 0.6 is 11.6 Å². The molecule has 0 N–H and O–H groups in total. The fourth-order valence-electron chi connectivity index (χ4n) is 2.35. The van der Waals surface area contributed by atoms with Crippen LogP contribution in [-0.4, -0.2) is 14.8 Å². The summed E-state index contributed by atoms with van der Waals surface area (Å²) in [5.41, 5.74) is 3.47. The predicted molar refractivity (Wildman–Crippen MR) is 83.1 cm³/mol. The molecule has 0 unspecified atom stereocenters. The number of nitrogens with zero attached hydrogens (tertiary/aromatic N) is 3. The van der Waals surface area contributed by atoms with Crippen LogP contribution in [-0.2, 0) is 0 Å². The zero-order chi connectivity index (χ0) is 14.3. The standard InChI is InChI=1S/C16H16ClN3/c1-10(2)20-9-14(7-19-20)12-4-11(3)15-8-18-16(17)6-13(15)5-12/h4-10H,1-3H3. The number of fused-ring (bicyclic) bond motifs is 1. The first-order valence-corrected chi connectivity index (χ1v) is 7.03. The van der Waals surface area contributed by atoms with Gasteiger partial charge in [0.1, 0.15) is 5.15 Å². The number of aryl methyl sites for hydroxylation is 1. The van der Waals surface area contributed by atoms with Crippen molar-refractivity contribution in [3.63, 3.8) is 0 Å². The quantitative estimate of drug-likeness (QED) is 0.642. The Labute approximate surface area is 123 Å². The lowest BCUT2D eigenvalue weighted by Crippen LogP contribution is -1.99. The first-order valence-electron chi connectivity index (χ1n) is 6.65. The molecule has 1 aromatic carbocycles. The van der Waals surface area contributed by atoms with E-state index in [1.165, 1.54) is 5.56 Å². The van der Waals surface area contributed by atoms with Crippen molar-refractivity contribution in [2.75, 3.05) is 0 Å². The topological polar surface area (TPSA) is 30.7 Å². The number of hydrogen-bond donors (Lipinski definition) is 0. The lowest BCUT2D eigenvalue weighted by atomic mass is 10.0. The van der Waals surface area contributed by atoms with Crippen molar-refractivity contribution in [2.24, 2.45) is 0 Å². The SMILES string of the molecule is Cc1cc(-c2cnn(C(C)C)c2)cc2cc(Cl)ncc12. The third-order valence-electron chi connectivity index (χ3n) is 3.47. The molecular weight excluding hydrogens is 270 g/mol. The highest BCUT2D eigenvalue weighted by molar-refractivity contribution is 6.30. The van der Waals surface area contributed by atoms with Gasteiger partial charge < -0.3 is 0 Å². The van der Waals surface area contributed by atoms with E-state index >= 15 is 0 Å². The first kappa shape index (κ1) is 13.1. The van der Waals surface area contributed by atoms with E-state index in [0.29, 0.717) is 11.2 Å². The van der Waals surface area contributed by atoms with Crippen molar-refractivity contribution >= 4 is 22.4 Å². The predicted octanol–water partition coefficient (Wildman–Crippen LogP) is 4.64. The van der Waals surface area contributed by atoms with Gasteiger partial charge in [-0.3, -0.25) is 4.68 Å². The average Bonchev–Trinajstić information content (AvgIpc) is 2.87. The highest BCUT2D eigenvalue weighted by Gasteiger charge is 2.07.